The minimum atomic E-state index is 0.461. The number of ether oxygens (including phenoxy) is 3. The summed E-state index contributed by atoms with van der Waals surface area (Å²) in [6, 6.07) is 3.78. The van der Waals surface area contributed by atoms with Crippen molar-refractivity contribution in [2.45, 2.75) is 6.92 Å². The number of anilines is 1. The van der Waals surface area contributed by atoms with Crippen molar-refractivity contribution in [3.8, 4) is 5.75 Å². The summed E-state index contributed by atoms with van der Waals surface area (Å²) < 4.78 is 16.9. The maximum absolute atomic E-state index is 5.95. The van der Waals surface area contributed by atoms with E-state index in [9.17, 15) is 0 Å². The van der Waals surface area contributed by atoms with Crippen LogP contribution in [0.5, 0.6) is 5.75 Å². The molecule has 0 unspecified atom stereocenters. The number of aromatic nitrogens is 1. The summed E-state index contributed by atoms with van der Waals surface area (Å²) in [4.78, 5) is 4.42. The quantitative estimate of drug-likeness (QED) is 0.623. The average Bonchev–Trinajstić information content (AvgIpc) is 2.72. The average molecular weight is 282 g/mol. The van der Waals surface area contributed by atoms with Crippen LogP contribution in [-0.4, -0.2) is 38.5 Å². The second-order valence-electron chi connectivity index (χ2n) is 4.04. The van der Waals surface area contributed by atoms with Gasteiger partial charge in [-0.05, 0) is 13.0 Å². The second-order valence-corrected chi connectivity index (χ2v) is 5.28. The SMILES string of the molecule is COCCOCCOc1cc2nc(C)sc2cc1N. The van der Waals surface area contributed by atoms with Crippen LogP contribution in [0.4, 0.5) is 5.69 Å². The molecule has 0 spiro atoms. The minimum absolute atomic E-state index is 0.461. The van der Waals surface area contributed by atoms with E-state index in [4.69, 9.17) is 19.9 Å². The molecular weight excluding hydrogens is 264 g/mol. The lowest BCUT2D eigenvalue weighted by Crippen LogP contribution is -2.10. The van der Waals surface area contributed by atoms with Gasteiger partial charge >= 0.3 is 0 Å². The van der Waals surface area contributed by atoms with Gasteiger partial charge < -0.3 is 19.9 Å². The molecule has 0 aliphatic heterocycles. The zero-order valence-electron chi connectivity index (χ0n) is 11.1. The third kappa shape index (κ3) is 3.79. The zero-order valence-corrected chi connectivity index (χ0v) is 12.0. The van der Waals surface area contributed by atoms with Crippen molar-refractivity contribution in [2.24, 2.45) is 0 Å². The summed E-state index contributed by atoms with van der Waals surface area (Å²) in [7, 11) is 1.64. The van der Waals surface area contributed by atoms with Crippen LogP contribution in [0.3, 0.4) is 0 Å². The van der Waals surface area contributed by atoms with Crippen LogP contribution in [0.2, 0.25) is 0 Å². The van der Waals surface area contributed by atoms with Crippen LogP contribution in [0.1, 0.15) is 5.01 Å². The molecule has 6 heteroatoms. The number of thiazole rings is 1. The number of hydrogen-bond acceptors (Lipinski definition) is 6. The fourth-order valence-corrected chi connectivity index (χ4v) is 2.52. The highest BCUT2D eigenvalue weighted by molar-refractivity contribution is 7.18. The molecule has 0 aliphatic rings. The van der Waals surface area contributed by atoms with Crippen molar-refractivity contribution in [3.05, 3.63) is 17.1 Å². The van der Waals surface area contributed by atoms with Gasteiger partial charge in [0.15, 0.2) is 0 Å². The molecule has 0 atom stereocenters. The van der Waals surface area contributed by atoms with Crippen molar-refractivity contribution in [2.75, 3.05) is 39.3 Å². The number of nitrogens with two attached hydrogens (primary N) is 1. The third-order valence-corrected chi connectivity index (χ3v) is 3.48. The Bertz CT molecular complexity index is 542. The van der Waals surface area contributed by atoms with Gasteiger partial charge in [0.25, 0.3) is 0 Å². The Kier molecular flexibility index (Phi) is 4.95. The lowest BCUT2D eigenvalue weighted by Gasteiger charge is -2.09. The Hall–Kier alpha value is -1.37. The van der Waals surface area contributed by atoms with Crippen molar-refractivity contribution < 1.29 is 14.2 Å². The first-order valence-electron chi connectivity index (χ1n) is 6.07. The van der Waals surface area contributed by atoms with E-state index in [0.29, 0.717) is 37.9 Å². The van der Waals surface area contributed by atoms with Crippen molar-refractivity contribution in [1.29, 1.82) is 0 Å². The fourth-order valence-electron chi connectivity index (χ4n) is 1.67. The highest BCUT2D eigenvalue weighted by Gasteiger charge is 2.07. The molecule has 1 aromatic heterocycles. The third-order valence-electron chi connectivity index (χ3n) is 2.54. The summed E-state index contributed by atoms with van der Waals surface area (Å²) in [5.41, 5.74) is 7.51. The van der Waals surface area contributed by atoms with E-state index in [2.05, 4.69) is 4.98 Å². The smallest absolute Gasteiger partial charge is 0.144 e. The van der Waals surface area contributed by atoms with Crippen molar-refractivity contribution in [1.82, 2.24) is 4.98 Å². The van der Waals surface area contributed by atoms with E-state index in [1.165, 1.54) is 0 Å². The number of nitrogens with zero attached hydrogens (tertiary/aromatic N) is 1. The second kappa shape index (κ2) is 6.70. The minimum Gasteiger partial charge on any atom is -0.489 e. The lowest BCUT2D eigenvalue weighted by atomic mass is 10.3. The molecule has 0 fully saturated rings. The topological polar surface area (TPSA) is 66.6 Å². The molecule has 104 valence electrons. The first kappa shape index (κ1) is 14.0. The highest BCUT2D eigenvalue weighted by atomic mass is 32.1. The number of fused-ring (bicyclic) bond motifs is 1. The van der Waals surface area contributed by atoms with E-state index in [-0.39, 0.29) is 0 Å². The lowest BCUT2D eigenvalue weighted by molar-refractivity contribution is 0.0546. The van der Waals surface area contributed by atoms with Gasteiger partial charge in [0.1, 0.15) is 12.4 Å². The molecule has 0 saturated heterocycles. The number of methoxy groups -OCH3 is 1. The zero-order chi connectivity index (χ0) is 13.7. The molecule has 1 heterocycles. The van der Waals surface area contributed by atoms with Crippen LogP contribution in [0.25, 0.3) is 10.2 Å². The van der Waals surface area contributed by atoms with E-state index in [0.717, 1.165) is 15.2 Å². The van der Waals surface area contributed by atoms with Crippen LogP contribution in [-0.2, 0) is 9.47 Å². The Morgan fingerprint density at radius 1 is 1.21 bits per heavy atom. The van der Waals surface area contributed by atoms with E-state index in [1.807, 2.05) is 19.1 Å². The van der Waals surface area contributed by atoms with Gasteiger partial charge in [0.05, 0.1) is 40.7 Å². The Morgan fingerprint density at radius 2 is 2.00 bits per heavy atom. The number of benzene rings is 1. The Labute approximate surface area is 116 Å². The molecule has 0 radical (unpaired) electrons. The maximum Gasteiger partial charge on any atom is 0.144 e. The summed E-state index contributed by atoms with van der Waals surface area (Å²) in [6.45, 7) is 4.11. The van der Waals surface area contributed by atoms with Gasteiger partial charge in [0, 0.05) is 13.2 Å². The van der Waals surface area contributed by atoms with Crippen LogP contribution in [0.15, 0.2) is 12.1 Å². The van der Waals surface area contributed by atoms with E-state index < -0.39 is 0 Å². The van der Waals surface area contributed by atoms with E-state index >= 15 is 0 Å². The number of nitrogen functional groups attached to an aromatic ring is 1. The standard InChI is InChI=1S/C13H18N2O3S/c1-9-15-11-8-12(10(14)7-13(11)19-9)18-6-5-17-4-3-16-2/h7-8H,3-6,14H2,1-2H3. The van der Waals surface area contributed by atoms with Crippen molar-refractivity contribution in [3.63, 3.8) is 0 Å². The van der Waals surface area contributed by atoms with Crippen LogP contribution < -0.4 is 10.5 Å². The molecule has 19 heavy (non-hydrogen) atoms. The maximum atomic E-state index is 5.95. The number of hydrogen-bond donors (Lipinski definition) is 1. The Morgan fingerprint density at radius 3 is 2.79 bits per heavy atom. The summed E-state index contributed by atoms with van der Waals surface area (Å²) in [6.07, 6.45) is 0. The summed E-state index contributed by atoms with van der Waals surface area (Å²) in [5, 5.41) is 1.02. The molecule has 2 N–H and O–H groups in total. The van der Waals surface area contributed by atoms with Crippen molar-refractivity contribution >= 4 is 27.2 Å². The monoisotopic (exact) mass is 282 g/mol. The first-order valence-corrected chi connectivity index (χ1v) is 6.88. The molecule has 2 rings (SSSR count). The fraction of sp³-hybridized carbons (Fsp3) is 0.462. The molecule has 0 amide bonds. The first-order chi connectivity index (χ1) is 9.20. The number of rotatable bonds is 7. The predicted molar refractivity (Wildman–Crippen MR) is 77.0 cm³/mol. The van der Waals surface area contributed by atoms with Gasteiger partial charge in [-0.15, -0.1) is 11.3 Å². The van der Waals surface area contributed by atoms with Crippen LogP contribution >= 0.6 is 11.3 Å². The normalized spacial score (nSPS) is 11.1. The van der Waals surface area contributed by atoms with Gasteiger partial charge in [-0.1, -0.05) is 0 Å². The van der Waals surface area contributed by atoms with Gasteiger partial charge in [-0.3, -0.25) is 0 Å². The molecular formula is C13H18N2O3S. The summed E-state index contributed by atoms with van der Waals surface area (Å²) >= 11 is 1.63. The van der Waals surface area contributed by atoms with E-state index in [1.54, 1.807) is 18.4 Å². The van der Waals surface area contributed by atoms with Crippen LogP contribution in [0, 0.1) is 6.92 Å². The Balaban J connectivity index is 1.91. The van der Waals surface area contributed by atoms with Gasteiger partial charge in [0.2, 0.25) is 0 Å². The largest absolute Gasteiger partial charge is 0.489 e. The van der Waals surface area contributed by atoms with Gasteiger partial charge in [-0.25, -0.2) is 4.98 Å². The number of aryl methyl sites for hydroxylation is 1. The predicted octanol–water partition coefficient (Wildman–Crippen LogP) is 2.23. The van der Waals surface area contributed by atoms with Gasteiger partial charge in [-0.2, -0.15) is 0 Å². The molecule has 2 aromatic rings. The molecule has 0 bridgehead atoms. The molecule has 1 aromatic carbocycles. The molecule has 0 saturated carbocycles. The molecule has 5 nitrogen and oxygen atoms in total. The summed E-state index contributed by atoms with van der Waals surface area (Å²) in [5.74, 6) is 0.660. The molecule has 0 aliphatic carbocycles. The highest BCUT2D eigenvalue weighted by Crippen LogP contribution is 2.31.